The lowest BCUT2D eigenvalue weighted by atomic mass is 9.76. The molecule has 2 N–H and O–H groups in total. The van der Waals surface area contributed by atoms with Gasteiger partial charge in [0.2, 0.25) is 0 Å². The number of hydrogen-bond acceptors (Lipinski definition) is 5. The molecule has 1 spiro atoms. The first-order valence-electron chi connectivity index (χ1n) is 10.6. The summed E-state index contributed by atoms with van der Waals surface area (Å²) in [6, 6.07) is 25.3. The molecule has 158 valence electrons. The number of rotatable bonds is 0. The van der Waals surface area contributed by atoms with Gasteiger partial charge in [-0.2, -0.15) is 0 Å². The fraction of sp³-hybridized carbons (Fsp3) is 0.0357. The van der Waals surface area contributed by atoms with Gasteiger partial charge in [-0.3, -0.25) is 0 Å². The number of phenolic OH excluding ortho intramolecular Hbond substituents is 2. The molecular formula is C28H16O5. The molecule has 0 aromatic heterocycles. The van der Waals surface area contributed by atoms with Crippen molar-refractivity contribution in [3.8, 4) is 23.0 Å². The van der Waals surface area contributed by atoms with Gasteiger partial charge in [-0.05, 0) is 76.1 Å². The summed E-state index contributed by atoms with van der Waals surface area (Å²) in [7, 11) is 0. The third-order valence-electron chi connectivity index (χ3n) is 6.60. The maximum absolute atomic E-state index is 13.0. The monoisotopic (exact) mass is 432 g/mol. The number of carbonyl (C=O) groups is 1. The Bertz CT molecular complexity index is 1580. The highest BCUT2D eigenvalue weighted by atomic mass is 16.6. The van der Waals surface area contributed by atoms with Crippen LogP contribution in [0.5, 0.6) is 23.0 Å². The zero-order valence-corrected chi connectivity index (χ0v) is 17.2. The van der Waals surface area contributed by atoms with Crippen LogP contribution in [0.1, 0.15) is 27.0 Å². The van der Waals surface area contributed by atoms with E-state index in [-0.39, 0.29) is 17.5 Å². The number of fused-ring (bicyclic) bond motifs is 8. The molecule has 5 aromatic rings. The Morgan fingerprint density at radius 3 is 1.79 bits per heavy atom. The van der Waals surface area contributed by atoms with Crippen LogP contribution in [0.15, 0.2) is 84.9 Å². The molecule has 5 heteroatoms. The third kappa shape index (κ3) is 2.33. The lowest BCUT2D eigenvalue weighted by Crippen LogP contribution is -2.33. The Hall–Kier alpha value is -4.51. The molecule has 5 nitrogen and oxygen atoms in total. The number of benzene rings is 5. The lowest BCUT2D eigenvalue weighted by Gasteiger charge is -2.37. The Balaban J connectivity index is 1.62. The van der Waals surface area contributed by atoms with Crippen LogP contribution in [-0.2, 0) is 10.3 Å². The van der Waals surface area contributed by atoms with E-state index in [2.05, 4.69) is 0 Å². The van der Waals surface area contributed by atoms with Crippen molar-refractivity contribution in [3.63, 3.8) is 0 Å². The van der Waals surface area contributed by atoms with E-state index < -0.39 is 5.60 Å². The standard InChI is InChI=1S/C28H16O5/c29-19-7-5-15-11-23-25(13-17(15)9-19)32-26-14-18-10-20(30)8-6-16(18)12-24(26)28(23)22-4-2-1-3-21(22)27(31)33-28/h1-14,29-30H. The van der Waals surface area contributed by atoms with Gasteiger partial charge in [0.05, 0.1) is 5.56 Å². The largest absolute Gasteiger partial charge is 0.508 e. The highest BCUT2D eigenvalue weighted by Crippen LogP contribution is 2.57. The predicted octanol–water partition coefficient (Wildman–Crippen LogP) is 5.97. The topological polar surface area (TPSA) is 76.0 Å². The van der Waals surface area contributed by atoms with Gasteiger partial charge in [0.1, 0.15) is 23.0 Å². The van der Waals surface area contributed by atoms with Gasteiger partial charge < -0.3 is 19.7 Å². The van der Waals surface area contributed by atoms with Crippen LogP contribution in [0, 0.1) is 0 Å². The first-order valence-corrected chi connectivity index (χ1v) is 10.6. The van der Waals surface area contributed by atoms with Crippen LogP contribution in [-0.4, -0.2) is 16.2 Å². The summed E-state index contributed by atoms with van der Waals surface area (Å²) in [4.78, 5) is 13.0. The molecule has 0 radical (unpaired) electrons. The van der Waals surface area contributed by atoms with Gasteiger partial charge in [0, 0.05) is 16.7 Å². The molecular weight excluding hydrogens is 416 g/mol. The van der Waals surface area contributed by atoms with Crippen LogP contribution in [0.2, 0.25) is 0 Å². The smallest absolute Gasteiger partial charge is 0.340 e. The summed E-state index contributed by atoms with van der Waals surface area (Å²) in [6.07, 6.45) is 0. The third-order valence-corrected chi connectivity index (χ3v) is 6.60. The summed E-state index contributed by atoms with van der Waals surface area (Å²) in [5.74, 6) is 1.02. The zero-order chi connectivity index (χ0) is 22.3. The first-order chi connectivity index (χ1) is 16.0. The van der Waals surface area contributed by atoms with Crippen molar-refractivity contribution < 1.29 is 24.5 Å². The molecule has 0 amide bonds. The minimum atomic E-state index is -1.17. The summed E-state index contributed by atoms with van der Waals surface area (Å²) >= 11 is 0. The molecule has 0 atom stereocenters. The molecule has 0 saturated heterocycles. The summed E-state index contributed by atoms with van der Waals surface area (Å²) in [5.41, 5.74) is 1.56. The second kappa shape index (κ2) is 6.04. The van der Waals surface area contributed by atoms with E-state index in [0.29, 0.717) is 17.1 Å². The van der Waals surface area contributed by atoms with E-state index >= 15 is 0 Å². The average molecular weight is 432 g/mol. The highest BCUT2D eigenvalue weighted by Gasteiger charge is 2.53. The van der Waals surface area contributed by atoms with E-state index in [1.165, 1.54) is 0 Å². The van der Waals surface area contributed by atoms with Crippen molar-refractivity contribution in [1.82, 2.24) is 0 Å². The fourth-order valence-corrected chi connectivity index (χ4v) is 5.13. The second-order valence-corrected chi connectivity index (χ2v) is 8.48. The lowest BCUT2D eigenvalue weighted by molar-refractivity contribution is 0.0225. The normalized spacial score (nSPS) is 15.1. The van der Waals surface area contributed by atoms with Crippen LogP contribution >= 0.6 is 0 Å². The average Bonchev–Trinajstić information content (AvgIpc) is 3.10. The Labute approximate surface area is 188 Å². The fourth-order valence-electron chi connectivity index (χ4n) is 5.13. The molecule has 2 heterocycles. The number of aromatic hydroxyl groups is 2. The van der Waals surface area contributed by atoms with Gasteiger partial charge in [0.15, 0.2) is 5.60 Å². The van der Waals surface area contributed by atoms with Gasteiger partial charge >= 0.3 is 5.97 Å². The van der Waals surface area contributed by atoms with Crippen molar-refractivity contribution in [2.45, 2.75) is 5.60 Å². The Kier molecular flexibility index (Phi) is 3.32. The van der Waals surface area contributed by atoms with Gasteiger partial charge in [-0.15, -0.1) is 0 Å². The molecule has 0 saturated carbocycles. The second-order valence-electron chi connectivity index (χ2n) is 8.48. The van der Waals surface area contributed by atoms with E-state index in [9.17, 15) is 15.0 Å². The van der Waals surface area contributed by atoms with Gasteiger partial charge in [-0.1, -0.05) is 30.3 Å². The first kappa shape index (κ1) is 18.1. The molecule has 2 aliphatic heterocycles. The van der Waals surface area contributed by atoms with E-state index in [0.717, 1.165) is 38.2 Å². The number of hydrogen-bond donors (Lipinski definition) is 2. The van der Waals surface area contributed by atoms with E-state index in [1.54, 1.807) is 30.3 Å². The van der Waals surface area contributed by atoms with Crippen LogP contribution in [0.4, 0.5) is 0 Å². The van der Waals surface area contributed by atoms with Crippen molar-refractivity contribution in [3.05, 3.63) is 107 Å². The zero-order valence-electron chi connectivity index (χ0n) is 17.2. The summed E-state index contributed by atoms with van der Waals surface area (Å²) in [6.45, 7) is 0. The van der Waals surface area contributed by atoms with Crippen molar-refractivity contribution in [1.29, 1.82) is 0 Å². The Morgan fingerprint density at radius 1 is 0.606 bits per heavy atom. The predicted molar refractivity (Wildman–Crippen MR) is 123 cm³/mol. The Morgan fingerprint density at radius 2 is 1.18 bits per heavy atom. The minimum absolute atomic E-state index is 0.160. The molecule has 0 fully saturated rings. The number of carbonyl (C=O) groups excluding carboxylic acids is 1. The van der Waals surface area contributed by atoms with Gasteiger partial charge in [-0.25, -0.2) is 4.79 Å². The quantitative estimate of drug-likeness (QED) is 0.295. The SMILES string of the molecule is O=C1OC2(c3cc4ccc(O)cc4cc3Oc3cc4cc(O)ccc4cc32)c2ccccc21. The molecule has 2 aliphatic rings. The summed E-state index contributed by atoms with van der Waals surface area (Å²) in [5, 5.41) is 23.3. The van der Waals surface area contributed by atoms with E-state index in [1.807, 2.05) is 54.6 Å². The van der Waals surface area contributed by atoms with Crippen molar-refractivity contribution in [2.24, 2.45) is 0 Å². The highest BCUT2D eigenvalue weighted by molar-refractivity contribution is 5.99. The summed E-state index contributed by atoms with van der Waals surface area (Å²) < 4.78 is 12.6. The van der Waals surface area contributed by atoms with Crippen LogP contribution in [0.25, 0.3) is 21.5 Å². The maximum Gasteiger partial charge on any atom is 0.340 e. The molecule has 0 aliphatic carbocycles. The maximum atomic E-state index is 13.0. The number of ether oxygens (including phenoxy) is 2. The van der Waals surface area contributed by atoms with Crippen LogP contribution in [0.3, 0.4) is 0 Å². The molecule has 7 rings (SSSR count). The van der Waals surface area contributed by atoms with Crippen LogP contribution < -0.4 is 4.74 Å². The number of phenols is 2. The molecule has 0 bridgehead atoms. The van der Waals surface area contributed by atoms with Crippen molar-refractivity contribution in [2.75, 3.05) is 0 Å². The molecule has 33 heavy (non-hydrogen) atoms. The van der Waals surface area contributed by atoms with Gasteiger partial charge in [0.25, 0.3) is 0 Å². The number of esters is 1. The van der Waals surface area contributed by atoms with E-state index in [4.69, 9.17) is 9.47 Å². The van der Waals surface area contributed by atoms with Crippen molar-refractivity contribution >= 4 is 27.5 Å². The molecule has 0 unspecified atom stereocenters. The minimum Gasteiger partial charge on any atom is -0.508 e. The molecule has 5 aromatic carbocycles.